The molecule has 0 saturated carbocycles. The molecule has 0 unspecified atom stereocenters. The number of benzene rings is 2. The van der Waals surface area contributed by atoms with Gasteiger partial charge in [-0.25, -0.2) is 4.68 Å². The summed E-state index contributed by atoms with van der Waals surface area (Å²) in [7, 11) is -2.73. The summed E-state index contributed by atoms with van der Waals surface area (Å²) in [6.45, 7) is -0.327. The Balaban J connectivity index is 1.27. The van der Waals surface area contributed by atoms with E-state index >= 15 is 0 Å². The van der Waals surface area contributed by atoms with E-state index in [1.807, 2.05) is 0 Å². The number of phenols is 1. The number of rotatable bonds is 9. The number of para-hydroxylation sites is 1. The maximum Gasteiger partial charge on any atom is 0.260 e. The highest BCUT2D eigenvalue weighted by Crippen LogP contribution is 2.29. The lowest BCUT2D eigenvalue weighted by Gasteiger charge is -2.40. The molecule has 3 aromatic heterocycles. The standard InChI is InChI=1S/C29H28N8O7/c1-42-24-13-18(15-32-33-24)37-9-8-23(34-37)36-10-11-43-25(28(36)40)29(41,16-31-27(39)19-4-2-3-5-21(19)38)14-17-6-7-20-22(12-17)44-35-26(20)30/h2-9,12-13,15,25,38,41H,10-11,14,16H2,1H3,(H2,30,35)(H,31,39)/t25-,29+/m0/s1/i1D3. The third-order valence-corrected chi connectivity index (χ3v) is 7.19. The molecule has 44 heavy (non-hydrogen) atoms. The molecule has 1 aliphatic rings. The van der Waals surface area contributed by atoms with Gasteiger partial charge in [0.15, 0.2) is 23.3 Å². The van der Waals surface area contributed by atoms with Crippen molar-refractivity contribution in [3.8, 4) is 17.3 Å². The van der Waals surface area contributed by atoms with Crippen LogP contribution in [0.2, 0.25) is 0 Å². The molecule has 1 saturated heterocycles. The minimum atomic E-state index is -2.73. The van der Waals surface area contributed by atoms with Gasteiger partial charge in [-0.05, 0) is 29.8 Å². The van der Waals surface area contributed by atoms with E-state index in [0.717, 1.165) is 0 Å². The van der Waals surface area contributed by atoms with Crippen molar-refractivity contribution in [3.63, 3.8) is 0 Å². The van der Waals surface area contributed by atoms with Gasteiger partial charge < -0.3 is 35.3 Å². The van der Waals surface area contributed by atoms with Crippen LogP contribution < -0.4 is 20.7 Å². The predicted octanol–water partition coefficient (Wildman–Crippen LogP) is 1.24. The second-order valence-electron chi connectivity index (χ2n) is 10.1. The molecular weight excluding hydrogens is 572 g/mol. The Morgan fingerprint density at radius 3 is 2.98 bits per heavy atom. The highest BCUT2D eigenvalue weighted by Gasteiger charge is 2.47. The van der Waals surface area contributed by atoms with Gasteiger partial charge >= 0.3 is 0 Å². The van der Waals surface area contributed by atoms with Gasteiger partial charge in [0.2, 0.25) is 5.88 Å². The second kappa shape index (κ2) is 11.6. The lowest BCUT2D eigenvalue weighted by molar-refractivity contribution is -0.157. The maximum absolute atomic E-state index is 14.0. The number of nitrogens with one attached hydrogen (secondary N) is 1. The number of nitrogens with zero attached hydrogens (tertiary/aromatic N) is 6. The SMILES string of the molecule is [2H]C([2H])([2H])Oc1cc(-n2ccc(N3CCO[C@H]([C@](O)(CNC(=O)c4ccccc4O)Cc4ccc5c(N)noc5c4)C3=O)n2)cnn1. The van der Waals surface area contributed by atoms with Crippen LogP contribution in [-0.4, -0.2) is 85.6 Å². The molecule has 15 nitrogen and oxygen atoms in total. The summed E-state index contributed by atoms with van der Waals surface area (Å²) < 4.78 is 39.2. The number of amides is 2. The fourth-order valence-electron chi connectivity index (χ4n) is 5.02. The van der Waals surface area contributed by atoms with Crippen LogP contribution >= 0.6 is 0 Å². The number of methoxy groups -OCH3 is 1. The number of morpholine rings is 1. The van der Waals surface area contributed by atoms with Gasteiger partial charge in [0.1, 0.15) is 11.4 Å². The lowest BCUT2D eigenvalue weighted by Crippen LogP contribution is -2.63. The van der Waals surface area contributed by atoms with Gasteiger partial charge in [0.25, 0.3) is 11.8 Å². The van der Waals surface area contributed by atoms with E-state index in [0.29, 0.717) is 22.2 Å². The molecular formula is C29H28N8O7. The van der Waals surface area contributed by atoms with E-state index in [4.69, 9.17) is 23.8 Å². The monoisotopic (exact) mass is 603 g/mol. The topological polar surface area (TPSA) is 204 Å². The molecule has 6 rings (SSSR count). The molecule has 1 aliphatic heterocycles. The minimum absolute atomic E-state index is 0.0179. The Labute approximate surface area is 254 Å². The molecule has 0 bridgehead atoms. The Morgan fingerprint density at radius 1 is 1.27 bits per heavy atom. The number of hydrogen-bond acceptors (Lipinski definition) is 12. The summed E-state index contributed by atoms with van der Waals surface area (Å²) in [5, 5.41) is 41.1. The Morgan fingerprint density at radius 2 is 2.14 bits per heavy atom. The molecule has 5 N–H and O–H groups in total. The van der Waals surface area contributed by atoms with E-state index in [9.17, 15) is 19.8 Å². The average Bonchev–Trinajstić information content (AvgIpc) is 3.66. The first-order chi connectivity index (χ1) is 22.4. The van der Waals surface area contributed by atoms with Crippen LogP contribution in [0, 0.1) is 0 Å². The number of hydrogen-bond donors (Lipinski definition) is 4. The van der Waals surface area contributed by atoms with E-state index in [-0.39, 0.29) is 48.4 Å². The number of anilines is 2. The van der Waals surface area contributed by atoms with Crippen LogP contribution in [0.4, 0.5) is 11.6 Å². The number of carbonyl (C=O) groups is 2. The number of fused-ring (bicyclic) bond motifs is 1. The molecule has 2 atom stereocenters. The number of aliphatic hydroxyl groups is 1. The first kappa shape index (κ1) is 25.0. The van der Waals surface area contributed by atoms with Crippen molar-refractivity contribution in [1.29, 1.82) is 0 Å². The third kappa shape index (κ3) is 5.48. The third-order valence-electron chi connectivity index (χ3n) is 7.19. The second-order valence-corrected chi connectivity index (χ2v) is 10.1. The highest BCUT2D eigenvalue weighted by atomic mass is 16.5. The van der Waals surface area contributed by atoms with E-state index < -0.39 is 37.1 Å². The van der Waals surface area contributed by atoms with Crippen molar-refractivity contribution in [3.05, 3.63) is 78.1 Å². The molecule has 226 valence electrons. The summed E-state index contributed by atoms with van der Waals surface area (Å²) in [6.07, 6.45) is 1.22. The van der Waals surface area contributed by atoms with Crippen molar-refractivity contribution in [1.82, 2.24) is 30.5 Å². The van der Waals surface area contributed by atoms with Crippen molar-refractivity contribution >= 4 is 34.4 Å². The van der Waals surface area contributed by atoms with Gasteiger partial charge in [-0.3, -0.25) is 14.5 Å². The van der Waals surface area contributed by atoms with Gasteiger partial charge in [-0.15, -0.1) is 10.2 Å². The molecule has 1 fully saturated rings. The van der Waals surface area contributed by atoms with Crippen molar-refractivity contribution < 1.29 is 37.9 Å². The molecule has 2 amide bonds. The summed E-state index contributed by atoms with van der Waals surface area (Å²) in [6, 6.07) is 13.8. The van der Waals surface area contributed by atoms with Crippen molar-refractivity contribution in [2.75, 3.05) is 37.4 Å². The van der Waals surface area contributed by atoms with Gasteiger partial charge in [-0.2, -0.15) is 5.10 Å². The lowest BCUT2D eigenvalue weighted by atomic mass is 9.86. The molecule has 0 radical (unpaired) electrons. The molecule has 4 heterocycles. The number of phenolic OH excluding ortho intramolecular Hbond substituents is 1. The normalized spacial score (nSPS) is 17.8. The first-order valence-corrected chi connectivity index (χ1v) is 13.3. The zero-order valence-corrected chi connectivity index (χ0v) is 23.0. The maximum atomic E-state index is 14.0. The van der Waals surface area contributed by atoms with Crippen molar-refractivity contribution in [2.45, 2.75) is 18.1 Å². The van der Waals surface area contributed by atoms with E-state index in [1.165, 1.54) is 40.2 Å². The number of ether oxygens (including phenoxy) is 2. The van der Waals surface area contributed by atoms with Crippen LogP contribution in [0.25, 0.3) is 16.7 Å². The minimum Gasteiger partial charge on any atom is -0.507 e. The first-order valence-electron chi connectivity index (χ1n) is 14.8. The summed E-state index contributed by atoms with van der Waals surface area (Å²) >= 11 is 0. The number of carbonyl (C=O) groups excluding carboxylic acids is 2. The van der Waals surface area contributed by atoms with E-state index in [2.05, 4.69) is 25.8 Å². The molecule has 15 heteroatoms. The Kier molecular flexibility index (Phi) is 6.60. The quantitative estimate of drug-likeness (QED) is 0.188. The molecule has 0 aliphatic carbocycles. The van der Waals surface area contributed by atoms with Crippen LogP contribution in [0.15, 0.2) is 71.5 Å². The van der Waals surface area contributed by atoms with Gasteiger partial charge in [0.05, 0.1) is 53.7 Å². The number of nitrogens with two attached hydrogens (primary N) is 1. The van der Waals surface area contributed by atoms with Crippen LogP contribution in [0.5, 0.6) is 11.6 Å². The fraction of sp³-hybridized carbons (Fsp3) is 0.241. The number of aromatic nitrogens is 5. The zero-order chi connectivity index (χ0) is 33.3. The molecule has 5 aromatic rings. The summed E-state index contributed by atoms with van der Waals surface area (Å²) in [4.78, 5) is 28.3. The van der Waals surface area contributed by atoms with Crippen LogP contribution in [0.3, 0.4) is 0 Å². The molecule has 0 spiro atoms. The fourth-order valence-corrected chi connectivity index (χ4v) is 5.02. The summed E-state index contributed by atoms with van der Waals surface area (Å²) in [5.74, 6) is -1.41. The van der Waals surface area contributed by atoms with Gasteiger partial charge in [0, 0.05) is 24.8 Å². The highest BCUT2D eigenvalue weighted by molar-refractivity contribution is 5.98. The van der Waals surface area contributed by atoms with Gasteiger partial charge in [-0.1, -0.05) is 23.4 Å². The smallest absolute Gasteiger partial charge is 0.260 e. The Hall–Kier alpha value is -5.54. The van der Waals surface area contributed by atoms with Crippen LogP contribution in [0.1, 0.15) is 20.0 Å². The Bertz CT molecular complexity index is 1950. The number of nitrogen functional groups attached to an aromatic ring is 1. The van der Waals surface area contributed by atoms with E-state index in [1.54, 1.807) is 36.4 Å². The van der Waals surface area contributed by atoms with Crippen molar-refractivity contribution in [2.24, 2.45) is 0 Å². The largest absolute Gasteiger partial charge is 0.507 e. The number of aromatic hydroxyl groups is 1. The average molecular weight is 604 g/mol. The van der Waals surface area contributed by atoms with Crippen LogP contribution in [-0.2, 0) is 16.0 Å². The zero-order valence-electron chi connectivity index (χ0n) is 26.0. The predicted molar refractivity (Wildman–Crippen MR) is 155 cm³/mol. The molecule has 2 aromatic carbocycles. The summed E-state index contributed by atoms with van der Waals surface area (Å²) in [5.41, 5.74) is 5.03.